The number of nitrogens with zero attached hydrogens (tertiary/aromatic N) is 2. The molecule has 1 amide bonds. The van der Waals surface area contributed by atoms with Gasteiger partial charge in [0.1, 0.15) is 11.8 Å². The van der Waals surface area contributed by atoms with Gasteiger partial charge in [-0.05, 0) is 25.0 Å². The molecule has 0 aromatic heterocycles. The normalized spacial score (nSPS) is 11.8. The minimum absolute atomic E-state index is 0.0494. The van der Waals surface area contributed by atoms with Crippen molar-refractivity contribution in [3.63, 3.8) is 0 Å². The average molecular weight is 260 g/mol. The largest absolute Gasteiger partial charge is 0.482 e. The second-order valence-corrected chi connectivity index (χ2v) is 4.89. The van der Waals surface area contributed by atoms with Crippen molar-refractivity contribution in [3.05, 3.63) is 29.8 Å². The molecule has 1 unspecified atom stereocenters. The van der Waals surface area contributed by atoms with E-state index in [4.69, 9.17) is 10.00 Å². The Morgan fingerprint density at radius 1 is 1.37 bits per heavy atom. The molecule has 0 spiro atoms. The molecule has 19 heavy (non-hydrogen) atoms. The van der Waals surface area contributed by atoms with E-state index in [1.165, 1.54) is 0 Å². The van der Waals surface area contributed by atoms with Crippen molar-refractivity contribution in [3.8, 4) is 11.8 Å². The zero-order chi connectivity index (χ0) is 14.4. The highest BCUT2D eigenvalue weighted by atomic mass is 16.5. The Bertz CT molecular complexity index is 477. The lowest BCUT2D eigenvalue weighted by Crippen LogP contribution is -2.40. The molecule has 1 aromatic rings. The average Bonchev–Trinajstić information content (AvgIpc) is 2.43. The van der Waals surface area contributed by atoms with Crippen LogP contribution in [-0.4, -0.2) is 30.5 Å². The van der Waals surface area contributed by atoms with Crippen LogP contribution in [0.5, 0.6) is 5.75 Å². The van der Waals surface area contributed by atoms with Crippen LogP contribution in [0, 0.1) is 17.2 Å². The van der Waals surface area contributed by atoms with Gasteiger partial charge in [-0.3, -0.25) is 4.79 Å². The highest BCUT2D eigenvalue weighted by Crippen LogP contribution is 2.17. The van der Waals surface area contributed by atoms with E-state index in [0.717, 1.165) is 0 Å². The molecular formula is C15H20N2O2. The quantitative estimate of drug-likeness (QED) is 0.817. The first kappa shape index (κ1) is 15.0. The number of carbonyl (C=O) groups is 1. The van der Waals surface area contributed by atoms with Crippen molar-refractivity contribution < 1.29 is 9.53 Å². The summed E-state index contributed by atoms with van der Waals surface area (Å²) in [5.74, 6) is 0.748. The molecule has 0 fully saturated rings. The summed E-state index contributed by atoms with van der Waals surface area (Å²) in [5, 5.41) is 8.93. The third-order valence-electron chi connectivity index (χ3n) is 3.33. The fourth-order valence-corrected chi connectivity index (χ4v) is 1.60. The smallest absolute Gasteiger partial charge is 0.260 e. The topological polar surface area (TPSA) is 53.3 Å². The molecule has 0 N–H and O–H groups in total. The fourth-order valence-electron chi connectivity index (χ4n) is 1.60. The molecule has 102 valence electrons. The van der Waals surface area contributed by atoms with Crippen LogP contribution in [0.15, 0.2) is 24.3 Å². The van der Waals surface area contributed by atoms with Crippen molar-refractivity contribution in [1.82, 2.24) is 4.90 Å². The van der Waals surface area contributed by atoms with Crippen molar-refractivity contribution in [2.24, 2.45) is 5.92 Å². The third kappa shape index (κ3) is 3.99. The number of likely N-dealkylation sites (N-methyl/N-ethyl adjacent to an activating group) is 1. The summed E-state index contributed by atoms with van der Waals surface area (Å²) in [4.78, 5) is 13.7. The van der Waals surface area contributed by atoms with Crippen molar-refractivity contribution >= 4 is 5.91 Å². The first-order valence-corrected chi connectivity index (χ1v) is 6.35. The zero-order valence-corrected chi connectivity index (χ0v) is 11.9. The van der Waals surface area contributed by atoms with Crippen LogP contribution in [0.3, 0.4) is 0 Å². The van der Waals surface area contributed by atoms with E-state index in [0.29, 0.717) is 17.2 Å². The molecule has 0 radical (unpaired) electrons. The Labute approximate surface area is 114 Å². The second kappa shape index (κ2) is 6.79. The van der Waals surface area contributed by atoms with Crippen LogP contribution in [0.1, 0.15) is 26.3 Å². The van der Waals surface area contributed by atoms with E-state index in [-0.39, 0.29) is 18.6 Å². The first-order valence-electron chi connectivity index (χ1n) is 6.35. The summed E-state index contributed by atoms with van der Waals surface area (Å²) < 4.78 is 5.43. The maximum atomic E-state index is 12.0. The second-order valence-electron chi connectivity index (χ2n) is 4.89. The number of benzene rings is 1. The molecule has 0 aliphatic carbocycles. The lowest BCUT2D eigenvalue weighted by molar-refractivity contribution is -0.134. The zero-order valence-electron chi connectivity index (χ0n) is 11.9. The number of ether oxygens (including phenoxy) is 1. The molecule has 1 aromatic carbocycles. The molecule has 0 saturated carbocycles. The Hall–Kier alpha value is -2.02. The van der Waals surface area contributed by atoms with E-state index in [1.54, 1.807) is 36.2 Å². The monoisotopic (exact) mass is 260 g/mol. The van der Waals surface area contributed by atoms with Crippen LogP contribution in [0.4, 0.5) is 0 Å². The molecule has 1 rings (SSSR count). The molecule has 1 atom stereocenters. The lowest BCUT2D eigenvalue weighted by atomic mass is 10.1. The lowest BCUT2D eigenvalue weighted by Gasteiger charge is -2.27. The van der Waals surface area contributed by atoms with Gasteiger partial charge in [-0.25, -0.2) is 0 Å². The maximum absolute atomic E-state index is 12.0. The number of hydrogen-bond donors (Lipinski definition) is 0. The van der Waals surface area contributed by atoms with E-state index >= 15 is 0 Å². The highest BCUT2D eigenvalue weighted by molar-refractivity contribution is 5.77. The van der Waals surface area contributed by atoms with Crippen LogP contribution in [0.2, 0.25) is 0 Å². The van der Waals surface area contributed by atoms with Gasteiger partial charge >= 0.3 is 0 Å². The number of amides is 1. The number of para-hydroxylation sites is 1. The number of nitriles is 1. The first-order chi connectivity index (χ1) is 8.97. The summed E-state index contributed by atoms with van der Waals surface area (Å²) in [7, 11) is 1.77. The van der Waals surface area contributed by atoms with Gasteiger partial charge in [-0.1, -0.05) is 26.0 Å². The highest BCUT2D eigenvalue weighted by Gasteiger charge is 2.19. The van der Waals surface area contributed by atoms with Crippen molar-refractivity contribution in [2.45, 2.75) is 26.8 Å². The van der Waals surface area contributed by atoms with Crippen LogP contribution in [0.25, 0.3) is 0 Å². The Balaban J connectivity index is 2.62. The Kier molecular flexibility index (Phi) is 5.37. The van der Waals surface area contributed by atoms with E-state index in [9.17, 15) is 4.79 Å². The number of hydrogen-bond acceptors (Lipinski definition) is 3. The molecule has 4 heteroatoms. The predicted molar refractivity (Wildman–Crippen MR) is 73.7 cm³/mol. The minimum atomic E-state index is -0.0889. The van der Waals surface area contributed by atoms with E-state index in [2.05, 4.69) is 13.8 Å². The molecule has 0 aliphatic heterocycles. The predicted octanol–water partition coefficient (Wildman–Crippen LogP) is 2.44. The summed E-state index contributed by atoms with van der Waals surface area (Å²) in [6.07, 6.45) is 0. The summed E-state index contributed by atoms with van der Waals surface area (Å²) in [5.41, 5.74) is 0.440. The molecule has 0 saturated heterocycles. The van der Waals surface area contributed by atoms with E-state index < -0.39 is 0 Å². The van der Waals surface area contributed by atoms with Crippen molar-refractivity contribution in [1.29, 1.82) is 5.26 Å². The molecule has 0 heterocycles. The van der Waals surface area contributed by atoms with Gasteiger partial charge in [0.15, 0.2) is 6.61 Å². The summed E-state index contributed by atoms with van der Waals surface area (Å²) in [6.45, 7) is 6.10. The van der Waals surface area contributed by atoms with Gasteiger partial charge in [0, 0.05) is 13.1 Å². The number of carbonyl (C=O) groups excluding carboxylic acids is 1. The Morgan fingerprint density at radius 2 is 2.00 bits per heavy atom. The Morgan fingerprint density at radius 3 is 2.58 bits per heavy atom. The SMILES string of the molecule is CC(C)C(C)N(C)C(=O)COc1ccccc1C#N. The van der Waals surface area contributed by atoms with E-state index in [1.807, 2.05) is 13.0 Å². The maximum Gasteiger partial charge on any atom is 0.260 e. The third-order valence-corrected chi connectivity index (χ3v) is 3.33. The van der Waals surface area contributed by atoms with Gasteiger partial charge in [-0.2, -0.15) is 5.26 Å². The van der Waals surface area contributed by atoms with Gasteiger partial charge in [0.05, 0.1) is 5.56 Å². The molecule has 0 aliphatic rings. The minimum Gasteiger partial charge on any atom is -0.482 e. The fraction of sp³-hybridized carbons (Fsp3) is 0.467. The molecule has 0 bridgehead atoms. The van der Waals surface area contributed by atoms with Crippen LogP contribution in [-0.2, 0) is 4.79 Å². The van der Waals surface area contributed by atoms with Gasteiger partial charge in [-0.15, -0.1) is 0 Å². The number of rotatable bonds is 5. The van der Waals surface area contributed by atoms with Gasteiger partial charge in [0.25, 0.3) is 5.91 Å². The van der Waals surface area contributed by atoms with Gasteiger partial charge in [0.2, 0.25) is 0 Å². The summed E-state index contributed by atoms with van der Waals surface area (Å²) >= 11 is 0. The van der Waals surface area contributed by atoms with Gasteiger partial charge < -0.3 is 9.64 Å². The van der Waals surface area contributed by atoms with Crippen molar-refractivity contribution in [2.75, 3.05) is 13.7 Å². The van der Waals surface area contributed by atoms with Crippen LogP contribution >= 0.6 is 0 Å². The summed E-state index contributed by atoms with van der Waals surface area (Å²) in [6, 6.07) is 9.10. The molecular weight excluding hydrogens is 240 g/mol. The van der Waals surface area contributed by atoms with Crippen LogP contribution < -0.4 is 4.74 Å². The molecule has 4 nitrogen and oxygen atoms in total. The standard InChI is InChI=1S/C15H20N2O2/c1-11(2)12(3)17(4)15(18)10-19-14-8-6-5-7-13(14)9-16/h5-8,11-12H,10H2,1-4H3.